The lowest BCUT2D eigenvalue weighted by Crippen LogP contribution is -2.41. The van der Waals surface area contributed by atoms with Crippen LogP contribution in [0.25, 0.3) is 6.08 Å². The molecule has 4 nitrogen and oxygen atoms in total. The van der Waals surface area contributed by atoms with Gasteiger partial charge in [-0.3, -0.25) is 0 Å². The van der Waals surface area contributed by atoms with Crippen molar-refractivity contribution in [1.82, 2.24) is 0 Å². The van der Waals surface area contributed by atoms with E-state index in [1.54, 1.807) is 0 Å². The molecule has 5 heteroatoms. The summed E-state index contributed by atoms with van der Waals surface area (Å²) in [6, 6.07) is 7.98. The van der Waals surface area contributed by atoms with Crippen molar-refractivity contribution in [2.75, 3.05) is 13.2 Å². The predicted octanol–water partition coefficient (Wildman–Crippen LogP) is 3.45. The summed E-state index contributed by atoms with van der Waals surface area (Å²) in [4.78, 5) is 0. The molecular formula is C18H28BNO3. The number of benzene rings is 1. The molecule has 0 bridgehead atoms. The lowest BCUT2D eigenvalue weighted by Gasteiger charge is -2.32. The molecule has 1 saturated heterocycles. The second-order valence-electron chi connectivity index (χ2n) is 6.93. The average Bonchev–Trinajstić information content (AvgIpc) is 2.71. The SMILES string of the molecule is CCCOc1cccc(C=C(CN)B2OC(C)(C)C(C)(C)O2)c1. The summed E-state index contributed by atoms with van der Waals surface area (Å²) in [5.74, 6) is 0.867. The van der Waals surface area contributed by atoms with Crippen LogP contribution in [-0.4, -0.2) is 31.5 Å². The summed E-state index contributed by atoms with van der Waals surface area (Å²) in [5.41, 5.74) is 7.17. The first-order chi connectivity index (χ1) is 10.8. The standard InChI is InChI=1S/C18H28BNO3/c1-6-10-21-16-9-7-8-14(12-16)11-15(13-20)19-22-17(2,3)18(4,5)23-19/h7-9,11-12H,6,10,13,20H2,1-5H3. The van der Waals surface area contributed by atoms with Gasteiger partial charge in [0, 0.05) is 6.54 Å². The molecule has 1 aromatic rings. The van der Waals surface area contributed by atoms with Gasteiger partial charge in [-0.15, -0.1) is 0 Å². The van der Waals surface area contributed by atoms with Crippen molar-refractivity contribution in [3.8, 4) is 5.75 Å². The fourth-order valence-electron chi connectivity index (χ4n) is 2.35. The van der Waals surface area contributed by atoms with Crippen molar-refractivity contribution in [2.45, 2.75) is 52.2 Å². The van der Waals surface area contributed by atoms with Crippen LogP contribution in [-0.2, 0) is 9.31 Å². The molecule has 0 atom stereocenters. The summed E-state index contributed by atoms with van der Waals surface area (Å²) in [6.07, 6.45) is 3.02. The first-order valence-corrected chi connectivity index (χ1v) is 8.28. The molecule has 1 aromatic carbocycles. The second-order valence-corrected chi connectivity index (χ2v) is 6.93. The molecule has 0 saturated carbocycles. The van der Waals surface area contributed by atoms with Crippen LogP contribution in [0, 0.1) is 0 Å². The van der Waals surface area contributed by atoms with E-state index in [9.17, 15) is 0 Å². The van der Waals surface area contributed by atoms with Gasteiger partial charge in [0.15, 0.2) is 0 Å². The van der Waals surface area contributed by atoms with Crippen LogP contribution in [0.15, 0.2) is 29.7 Å². The Morgan fingerprint density at radius 1 is 1.22 bits per heavy atom. The van der Waals surface area contributed by atoms with Gasteiger partial charge in [0.2, 0.25) is 0 Å². The van der Waals surface area contributed by atoms with E-state index in [4.69, 9.17) is 19.8 Å². The van der Waals surface area contributed by atoms with Crippen molar-refractivity contribution in [3.05, 3.63) is 35.3 Å². The molecule has 1 aliphatic rings. The molecule has 2 rings (SSSR count). The van der Waals surface area contributed by atoms with Crippen molar-refractivity contribution in [2.24, 2.45) is 5.73 Å². The van der Waals surface area contributed by atoms with Gasteiger partial charge in [-0.1, -0.05) is 25.1 Å². The summed E-state index contributed by atoms with van der Waals surface area (Å²) in [7, 11) is -0.412. The van der Waals surface area contributed by atoms with E-state index in [0.717, 1.165) is 23.2 Å². The van der Waals surface area contributed by atoms with Gasteiger partial charge in [0.1, 0.15) is 5.75 Å². The van der Waals surface area contributed by atoms with Crippen LogP contribution in [0.3, 0.4) is 0 Å². The summed E-state index contributed by atoms with van der Waals surface area (Å²) in [6.45, 7) is 11.4. The van der Waals surface area contributed by atoms with E-state index >= 15 is 0 Å². The highest BCUT2D eigenvalue weighted by atomic mass is 16.7. The summed E-state index contributed by atoms with van der Waals surface area (Å²) in [5, 5.41) is 0. The third-order valence-corrected chi connectivity index (χ3v) is 4.47. The first-order valence-electron chi connectivity index (χ1n) is 8.28. The van der Waals surface area contributed by atoms with E-state index in [-0.39, 0.29) is 11.2 Å². The van der Waals surface area contributed by atoms with E-state index in [2.05, 4.69) is 6.92 Å². The molecule has 0 unspecified atom stereocenters. The van der Waals surface area contributed by atoms with Crippen LogP contribution < -0.4 is 10.5 Å². The molecule has 126 valence electrons. The number of hydrogen-bond acceptors (Lipinski definition) is 4. The molecule has 0 spiro atoms. The highest BCUT2D eigenvalue weighted by Gasteiger charge is 2.52. The minimum atomic E-state index is -0.412. The Bertz CT molecular complexity index is 553. The van der Waals surface area contributed by atoms with E-state index in [1.165, 1.54) is 0 Å². The quantitative estimate of drug-likeness (QED) is 0.817. The normalized spacial score (nSPS) is 19.9. The smallest absolute Gasteiger partial charge is 0.491 e. The Labute approximate surface area is 140 Å². The zero-order valence-electron chi connectivity index (χ0n) is 14.9. The maximum atomic E-state index is 6.08. The maximum absolute atomic E-state index is 6.08. The summed E-state index contributed by atoms with van der Waals surface area (Å²) < 4.78 is 17.8. The number of ether oxygens (including phenoxy) is 1. The largest absolute Gasteiger partial charge is 0.494 e. The lowest BCUT2D eigenvalue weighted by molar-refractivity contribution is 0.00578. The van der Waals surface area contributed by atoms with Crippen LogP contribution in [0.1, 0.15) is 46.6 Å². The number of rotatable bonds is 6. The van der Waals surface area contributed by atoms with E-state index in [0.29, 0.717) is 13.2 Å². The molecule has 1 fully saturated rings. The van der Waals surface area contributed by atoms with Gasteiger partial charge in [-0.25, -0.2) is 0 Å². The molecular weight excluding hydrogens is 289 g/mol. The third kappa shape index (κ3) is 4.16. The highest BCUT2D eigenvalue weighted by Crippen LogP contribution is 2.38. The zero-order valence-corrected chi connectivity index (χ0v) is 14.9. The lowest BCUT2D eigenvalue weighted by atomic mass is 9.77. The fraction of sp³-hybridized carbons (Fsp3) is 0.556. The zero-order chi connectivity index (χ0) is 17.1. The second kappa shape index (κ2) is 7.08. The van der Waals surface area contributed by atoms with Crippen LogP contribution in [0.5, 0.6) is 5.75 Å². The predicted molar refractivity (Wildman–Crippen MR) is 95.3 cm³/mol. The minimum Gasteiger partial charge on any atom is -0.494 e. The number of nitrogens with two attached hydrogens (primary N) is 1. The van der Waals surface area contributed by atoms with Gasteiger partial charge in [0.05, 0.1) is 17.8 Å². The average molecular weight is 317 g/mol. The van der Waals surface area contributed by atoms with Crippen molar-refractivity contribution < 1.29 is 14.0 Å². The van der Waals surface area contributed by atoms with E-state index < -0.39 is 7.12 Å². The molecule has 0 aliphatic carbocycles. The van der Waals surface area contributed by atoms with Gasteiger partial charge in [-0.2, -0.15) is 0 Å². The van der Waals surface area contributed by atoms with E-state index in [1.807, 2.05) is 58.0 Å². The van der Waals surface area contributed by atoms with Crippen molar-refractivity contribution in [3.63, 3.8) is 0 Å². The molecule has 0 amide bonds. The van der Waals surface area contributed by atoms with Crippen molar-refractivity contribution in [1.29, 1.82) is 0 Å². The Balaban J connectivity index is 2.20. The van der Waals surface area contributed by atoms with Gasteiger partial charge < -0.3 is 19.8 Å². The molecule has 0 radical (unpaired) electrons. The number of hydrogen-bond donors (Lipinski definition) is 1. The van der Waals surface area contributed by atoms with Crippen LogP contribution in [0.2, 0.25) is 0 Å². The minimum absolute atomic E-state index is 0.363. The first kappa shape index (κ1) is 18.0. The highest BCUT2D eigenvalue weighted by molar-refractivity contribution is 6.55. The molecule has 2 N–H and O–H groups in total. The van der Waals surface area contributed by atoms with Crippen molar-refractivity contribution >= 4 is 13.2 Å². The van der Waals surface area contributed by atoms with Gasteiger partial charge in [-0.05, 0) is 57.3 Å². The monoisotopic (exact) mass is 317 g/mol. The Hall–Kier alpha value is -1.30. The van der Waals surface area contributed by atoms with Crippen LogP contribution >= 0.6 is 0 Å². The third-order valence-electron chi connectivity index (χ3n) is 4.47. The molecule has 0 aromatic heterocycles. The molecule has 23 heavy (non-hydrogen) atoms. The van der Waals surface area contributed by atoms with Crippen LogP contribution in [0.4, 0.5) is 0 Å². The maximum Gasteiger partial charge on any atom is 0.491 e. The topological polar surface area (TPSA) is 53.7 Å². The Kier molecular flexibility index (Phi) is 5.55. The summed E-state index contributed by atoms with van der Waals surface area (Å²) >= 11 is 0. The Morgan fingerprint density at radius 2 is 1.87 bits per heavy atom. The molecule has 1 aliphatic heterocycles. The van der Waals surface area contributed by atoms with Gasteiger partial charge >= 0.3 is 7.12 Å². The van der Waals surface area contributed by atoms with Gasteiger partial charge in [0.25, 0.3) is 0 Å². The molecule has 1 heterocycles. The fourth-order valence-corrected chi connectivity index (χ4v) is 2.35. The Morgan fingerprint density at radius 3 is 2.43 bits per heavy atom.